The molecule has 0 spiro atoms. The molecule has 0 bridgehead atoms. The van der Waals surface area contributed by atoms with E-state index in [1.54, 1.807) is 6.92 Å². The average molecular weight is 578 g/mol. The highest BCUT2D eigenvalue weighted by molar-refractivity contribution is 6.08. The van der Waals surface area contributed by atoms with Gasteiger partial charge in [-0.2, -0.15) is 0 Å². The summed E-state index contributed by atoms with van der Waals surface area (Å²) < 4.78 is 10.7. The van der Waals surface area contributed by atoms with Gasteiger partial charge in [-0.1, -0.05) is 68.7 Å². The molecule has 0 aromatic heterocycles. The molecule has 2 saturated carbocycles. The van der Waals surface area contributed by atoms with Gasteiger partial charge in [0.2, 0.25) is 5.78 Å². The molecule has 0 amide bonds. The summed E-state index contributed by atoms with van der Waals surface area (Å²) >= 11 is 0. The molecule has 0 atom stereocenters. The molecule has 42 heavy (non-hydrogen) atoms. The molecule has 230 valence electrons. The SMILES string of the molecule is CC/C=C(C)/C(=C\C=C(/C)C(=O)/C(NC(OCc1ccccc1)=C1CC1)=C(/C)N)N(C)C.COC(=O)C1CCCCC1. The maximum atomic E-state index is 13.2. The van der Waals surface area contributed by atoms with Crippen molar-refractivity contribution in [3.05, 3.63) is 93.8 Å². The van der Waals surface area contributed by atoms with Crippen LogP contribution in [-0.2, 0) is 25.7 Å². The predicted molar refractivity (Wildman–Crippen MR) is 171 cm³/mol. The Kier molecular flexibility index (Phi) is 14.7. The largest absolute Gasteiger partial charge is 0.474 e. The maximum absolute atomic E-state index is 13.2. The fourth-order valence-electron chi connectivity index (χ4n) is 4.72. The monoisotopic (exact) mass is 577 g/mol. The minimum absolute atomic E-state index is 0.0142. The molecular formula is C35H51N3O4. The summed E-state index contributed by atoms with van der Waals surface area (Å²) in [5.41, 5.74) is 12.0. The molecule has 7 nitrogen and oxygen atoms in total. The number of ether oxygens (including phenoxy) is 2. The number of methoxy groups -OCH3 is 1. The maximum Gasteiger partial charge on any atom is 0.308 e. The van der Waals surface area contributed by atoms with E-state index in [1.165, 1.54) is 37.5 Å². The van der Waals surface area contributed by atoms with Gasteiger partial charge in [0.05, 0.1) is 13.0 Å². The molecule has 2 aliphatic carbocycles. The number of ketones is 1. The van der Waals surface area contributed by atoms with Crippen LogP contribution in [0.25, 0.3) is 0 Å². The number of nitrogens with one attached hydrogen (secondary N) is 1. The molecule has 7 heteroatoms. The summed E-state index contributed by atoms with van der Waals surface area (Å²) in [4.78, 5) is 26.2. The number of rotatable bonds is 12. The number of nitrogens with zero attached hydrogens (tertiary/aromatic N) is 1. The Morgan fingerprint density at radius 1 is 1.00 bits per heavy atom. The van der Waals surface area contributed by atoms with Crippen molar-refractivity contribution < 1.29 is 19.1 Å². The van der Waals surface area contributed by atoms with Gasteiger partial charge in [-0.25, -0.2) is 0 Å². The van der Waals surface area contributed by atoms with Crippen LogP contribution in [0.2, 0.25) is 0 Å². The lowest BCUT2D eigenvalue weighted by Gasteiger charge is -2.18. The third kappa shape index (κ3) is 11.6. The van der Waals surface area contributed by atoms with Crippen molar-refractivity contribution in [3.63, 3.8) is 0 Å². The number of hydrogen-bond donors (Lipinski definition) is 2. The van der Waals surface area contributed by atoms with Crippen molar-refractivity contribution in [1.29, 1.82) is 0 Å². The van der Waals surface area contributed by atoms with Crippen LogP contribution in [0.15, 0.2) is 88.3 Å². The van der Waals surface area contributed by atoms with Gasteiger partial charge in [0.15, 0.2) is 5.88 Å². The van der Waals surface area contributed by atoms with E-state index in [9.17, 15) is 9.59 Å². The second kappa shape index (κ2) is 17.9. The summed E-state index contributed by atoms with van der Waals surface area (Å²) in [5.74, 6) is 0.693. The highest BCUT2D eigenvalue weighted by Gasteiger charge is 2.24. The normalized spacial score (nSPS) is 16.5. The molecule has 0 heterocycles. The Labute approximate surface area is 253 Å². The summed E-state index contributed by atoms with van der Waals surface area (Å²) in [6.45, 7) is 8.17. The number of likely N-dealkylation sites (N-methyl/N-ethyl adjacent to an activating group) is 1. The Morgan fingerprint density at radius 2 is 1.64 bits per heavy atom. The smallest absolute Gasteiger partial charge is 0.308 e. The fourth-order valence-corrected chi connectivity index (χ4v) is 4.72. The van der Waals surface area contributed by atoms with Crippen molar-refractivity contribution in [3.8, 4) is 0 Å². The van der Waals surface area contributed by atoms with E-state index < -0.39 is 0 Å². The molecule has 0 radical (unpaired) electrons. The van der Waals surface area contributed by atoms with Crippen molar-refractivity contribution >= 4 is 11.8 Å². The first-order valence-corrected chi connectivity index (χ1v) is 15.1. The van der Waals surface area contributed by atoms with E-state index in [1.807, 2.05) is 68.4 Å². The zero-order chi connectivity index (χ0) is 31.1. The first-order valence-electron chi connectivity index (χ1n) is 15.1. The first kappa shape index (κ1) is 34.5. The number of nitrogens with two attached hydrogens (primary N) is 1. The number of carbonyl (C=O) groups is 2. The van der Waals surface area contributed by atoms with Gasteiger partial charge in [-0.3, -0.25) is 9.59 Å². The van der Waals surface area contributed by atoms with E-state index in [0.29, 0.717) is 29.5 Å². The van der Waals surface area contributed by atoms with Crippen molar-refractivity contribution in [1.82, 2.24) is 10.2 Å². The van der Waals surface area contributed by atoms with Crippen LogP contribution in [0, 0.1) is 5.92 Å². The van der Waals surface area contributed by atoms with Crippen LogP contribution in [0.3, 0.4) is 0 Å². The minimum Gasteiger partial charge on any atom is -0.474 e. The lowest BCUT2D eigenvalue weighted by atomic mass is 9.89. The fraction of sp³-hybridized carbons (Fsp3) is 0.486. The third-order valence-electron chi connectivity index (χ3n) is 7.29. The second-order valence-corrected chi connectivity index (χ2v) is 11.2. The van der Waals surface area contributed by atoms with Gasteiger partial charge in [0.1, 0.15) is 12.3 Å². The van der Waals surface area contributed by atoms with Gasteiger partial charge in [-0.05, 0) is 81.2 Å². The minimum atomic E-state index is -0.140. The third-order valence-corrected chi connectivity index (χ3v) is 7.29. The number of hydrogen-bond acceptors (Lipinski definition) is 7. The Balaban J connectivity index is 0.000000518. The zero-order valence-electron chi connectivity index (χ0n) is 26.7. The number of esters is 1. The quantitative estimate of drug-likeness (QED) is 0.119. The van der Waals surface area contributed by atoms with Gasteiger partial charge < -0.3 is 25.4 Å². The topological polar surface area (TPSA) is 93.9 Å². The van der Waals surface area contributed by atoms with Crippen LogP contribution >= 0.6 is 0 Å². The lowest BCUT2D eigenvalue weighted by molar-refractivity contribution is -0.146. The molecule has 2 aliphatic rings. The molecule has 2 fully saturated rings. The summed E-state index contributed by atoms with van der Waals surface area (Å²) in [7, 11) is 5.47. The molecule has 3 rings (SSSR count). The van der Waals surface area contributed by atoms with Crippen LogP contribution < -0.4 is 11.1 Å². The van der Waals surface area contributed by atoms with Crippen molar-refractivity contribution in [2.75, 3.05) is 21.2 Å². The van der Waals surface area contributed by atoms with E-state index >= 15 is 0 Å². The summed E-state index contributed by atoms with van der Waals surface area (Å²) in [6.07, 6.45) is 14.6. The Hall–Kier alpha value is -3.74. The van der Waals surface area contributed by atoms with Crippen LogP contribution in [-0.4, -0.2) is 37.9 Å². The number of Topliss-reactive ketones (excluding diaryl/α,β-unsaturated/α-hetero) is 1. The molecule has 0 aliphatic heterocycles. The van der Waals surface area contributed by atoms with Gasteiger partial charge in [0.25, 0.3) is 0 Å². The standard InChI is InChI=1S/C27H37N3O2.C8H14O2/c1-7-11-19(2)24(30(5)6)17-14-20(3)26(31)25(21(4)28)29-27(23-15-16-23)32-18-22-12-9-8-10-13-22;1-10-8(9)7-5-3-2-4-6-7/h8-14,17,29H,7,15-16,18,28H2,1-6H3;7H,2-6H2,1H3/b19-11+,20-14+,24-17+,25-21+;. The molecule has 0 unspecified atom stereocenters. The second-order valence-electron chi connectivity index (χ2n) is 11.2. The van der Waals surface area contributed by atoms with Gasteiger partial charge in [-0.15, -0.1) is 0 Å². The van der Waals surface area contributed by atoms with Gasteiger partial charge in [0, 0.05) is 25.5 Å². The van der Waals surface area contributed by atoms with Crippen molar-refractivity contribution in [2.24, 2.45) is 11.7 Å². The van der Waals surface area contributed by atoms with Crippen LogP contribution in [0.5, 0.6) is 0 Å². The van der Waals surface area contributed by atoms with Crippen molar-refractivity contribution in [2.45, 2.75) is 85.7 Å². The Bertz CT molecular complexity index is 1190. The molecule has 3 N–H and O–H groups in total. The zero-order valence-corrected chi connectivity index (χ0v) is 26.7. The summed E-state index contributed by atoms with van der Waals surface area (Å²) in [5, 5.41) is 3.20. The number of allylic oxidation sites excluding steroid dienone is 7. The van der Waals surface area contributed by atoms with E-state index in [2.05, 4.69) is 30.0 Å². The highest BCUT2D eigenvalue weighted by atomic mass is 16.5. The van der Waals surface area contributed by atoms with E-state index in [0.717, 1.165) is 43.4 Å². The number of carbonyl (C=O) groups excluding carboxylic acids is 2. The summed E-state index contributed by atoms with van der Waals surface area (Å²) in [6, 6.07) is 9.97. The molecule has 1 aromatic rings. The first-order chi connectivity index (χ1) is 20.1. The van der Waals surface area contributed by atoms with Gasteiger partial charge >= 0.3 is 5.97 Å². The number of benzene rings is 1. The average Bonchev–Trinajstić information content (AvgIpc) is 3.83. The molecule has 0 saturated heterocycles. The Morgan fingerprint density at radius 3 is 2.17 bits per heavy atom. The molecular weight excluding hydrogens is 526 g/mol. The highest BCUT2D eigenvalue weighted by Crippen LogP contribution is 2.32. The van der Waals surface area contributed by atoms with E-state index in [-0.39, 0.29) is 17.7 Å². The molecule has 1 aromatic carbocycles. The van der Waals surface area contributed by atoms with Crippen LogP contribution in [0.1, 0.15) is 84.6 Å². The van der Waals surface area contributed by atoms with E-state index in [4.69, 9.17) is 10.5 Å². The van der Waals surface area contributed by atoms with Crippen LogP contribution in [0.4, 0.5) is 0 Å². The lowest BCUT2D eigenvalue weighted by Crippen LogP contribution is -2.26. The predicted octanol–water partition coefficient (Wildman–Crippen LogP) is 7.05.